The molecule has 1 fully saturated rings. The van der Waals surface area contributed by atoms with Gasteiger partial charge in [-0.15, -0.1) is 0 Å². The molecule has 106 valence electrons. The number of esters is 1. The van der Waals surface area contributed by atoms with Crippen molar-refractivity contribution in [1.82, 2.24) is 10.2 Å². The van der Waals surface area contributed by atoms with Gasteiger partial charge in [-0.25, -0.2) is 0 Å². The van der Waals surface area contributed by atoms with Gasteiger partial charge in [0.15, 0.2) is 0 Å². The monoisotopic (exact) mass is 256 g/mol. The first-order valence-electron chi connectivity index (χ1n) is 7.02. The minimum atomic E-state index is -0.123. The maximum absolute atomic E-state index is 11.4. The van der Waals surface area contributed by atoms with Crippen molar-refractivity contribution in [3.05, 3.63) is 0 Å². The minimum absolute atomic E-state index is 0.0912. The molecular weight excluding hydrogens is 228 g/mol. The van der Waals surface area contributed by atoms with Crippen LogP contribution in [0.5, 0.6) is 0 Å². The number of carbonyl (C=O) groups excluding carboxylic acids is 1. The summed E-state index contributed by atoms with van der Waals surface area (Å²) < 4.78 is 4.77. The number of carbonyl (C=O) groups is 1. The summed E-state index contributed by atoms with van der Waals surface area (Å²) in [6.07, 6.45) is 2.06. The van der Waals surface area contributed by atoms with Crippen LogP contribution in [0, 0.1) is 5.92 Å². The van der Waals surface area contributed by atoms with Crippen LogP contribution >= 0.6 is 0 Å². The lowest BCUT2D eigenvalue weighted by molar-refractivity contribution is -0.142. The SMILES string of the molecule is COC(=O)[C@@H]1CC(CCN(C(C)C)C(C)C)CN1. The number of nitrogens with one attached hydrogen (secondary N) is 1. The van der Waals surface area contributed by atoms with Crippen LogP contribution in [-0.2, 0) is 9.53 Å². The molecule has 1 aliphatic rings. The van der Waals surface area contributed by atoms with Crippen molar-refractivity contribution >= 4 is 5.97 Å². The summed E-state index contributed by atoms with van der Waals surface area (Å²) in [7, 11) is 1.45. The van der Waals surface area contributed by atoms with Crippen molar-refractivity contribution in [2.45, 2.75) is 58.7 Å². The largest absolute Gasteiger partial charge is 0.468 e. The Balaban J connectivity index is 2.34. The van der Waals surface area contributed by atoms with Gasteiger partial charge in [0.05, 0.1) is 7.11 Å². The van der Waals surface area contributed by atoms with E-state index in [-0.39, 0.29) is 12.0 Å². The average Bonchev–Trinajstić information content (AvgIpc) is 2.76. The molecule has 18 heavy (non-hydrogen) atoms. The molecule has 0 aromatic rings. The molecule has 2 atom stereocenters. The second-order valence-corrected chi connectivity index (χ2v) is 5.80. The fraction of sp³-hybridized carbons (Fsp3) is 0.929. The van der Waals surface area contributed by atoms with Crippen LogP contribution in [0.4, 0.5) is 0 Å². The molecule has 0 aromatic carbocycles. The number of ether oxygens (including phenoxy) is 1. The van der Waals surface area contributed by atoms with E-state index in [4.69, 9.17) is 4.74 Å². The summed E-state index contributed by atoms with van der Waals surface area (Å²) in [4.78, 5) is 13.9. The fourth-order valence-corrected chi connectivity index (χ4v) is 2.79. The van der Waals surface area contributed by atoms with Gasteiger partial charge in [-0.1, -0.05) is 0 Å². The van der Waals surface area contributed by atoms with Crippen molar-refractivity contribution in [1.29, 1.82) is 0 Å². The molecule has 0 radical (unpaired) electrons. The van der Waals surface area contributed by atoms with Crippen LogP contribution in [0.3, 0.4) is 0 Å². The minimum Gasteiger partial charge on any atom is -0.468 e. The Labute approximate surface area is 111 Å². The van der Waals surface area contributed by atoms with Crippen molar-refractivity contribution < 1.29 is 9.53 Å². The van der Waals surface area contributed by atoms with Gasteiger partial charge in [0.2, 0.25) is 0 Å². The summed E-state index contributed by atoms with van der Waals surface area (Å²) in [6, 6.07) is 1.07. The Kier molecular flexibility index (Phi) is 6.09. The highest BCUT2D eigenvalue weighted by atomic mass is 16.5. The normalized spacial score (nSPS) is 24.2. The van der Waals surface area contributed by atoms with Crippen molar-refractivity contribution in [3.8, 4) is 0 Å². The third-order valence-electron chi connectivity index (χ3n) is 3.83. The van der Waals surface area contributed by atoms with Crippen molar-refractivity contribution in [2.24, 2.45) is 5.92 Å². The molecule has 1 N–H and O–H groups in total. The van der Waals surface area contributed by atoms with E-state index >= 15 is 0 Å². The maximum atomic E-state index is 11.4. The standard InChI is InChI=1S/C14H28N2O2/c1-10(2)16(11(3)4)7-6-12-8-13(15-9-12)14(17)18-5/h10-13,15H,6-9H2,1-5H3/t12?,13-/m0/s1. The van der Waals surface area contributed by atoms with E-state index in [9.17, 15) is 4.79 Å². The van der Waals surface area contributed by atoms with Gasteiger partial charge in [0.1, 0.15) is 6.04 Å². The predicted molar refractivity (Wildman–Crippen MR) is 73.5 cm³/mol. The molecule has 1 aliphatic heterocycles. The molecule has 0 amide bonds. The van der Waals surface area contributed by atoms with E-state index in [1.165, 1.54) is 7.11 Å². The number of rotatable bonds is 6. The molecule has 4 heteroatoms. The average molecular weight is 256 g/mol. The zero-order chi connectivity index (χ0) is 13.7. The summed E-state index contributed by atoms with van der Waals surface area (Å²) in [5, 5.41) is 3.25. The second-order valence-electron chi connectivity index (χ2n) is 5.80. The first-order chi connectivity index (χ1) is 8.45. The number of nitrogens with zero attached hydrogens (tertiary/aromatic N) is 1. The Hall–Kier alpha value is -0.610. The summed E-state index contributed by atoms with van der Waals surface area (Å²) in [6.45, 7) is 11.0. The molecule has 1 saturated heterocycles. The quantitative estimate of drug-likeness (QED) is 0.734. The van der Waals surface area contributed by atoms with E-state index in [2.05, 4.69) is 37.9 Å². The van der Waals surface area contributed by atoms with Gasteiger partial charge in [0, 0.05) is 12.1 Å². The van der Waals surface area contributed by atoms with E-state index in [1.54, 1.807) is 0 Å². The molecular formula is C14H28N2O2. The van der Waals surface area contributed by atoms with Crippen LogP contribution in [0.15, 0.2) is 0 Å². The van der Waals surface area contributed by atoms with Gasteiger partial charge in [-0.05, 0) is 59.5 Å². The summed E-state index contributed by atoms with van der Waals surface area (Å²) >= 11 is 0. The van der Waals surface area contributed by atoms with E-state index in [1.807, 2.05) is 0 Å². The summed E-state index contributed by atoms with van der Waals surface area (Å²) in [5.74, 6) is 0.469. The van der Waals surface area contributed by atoms with Crippen LogP contribution in [0.25, 0.3) is 0 Å². The lowest BCUT2D eigenvalue weighted by Crippen LogP contribution is -2.38. The molecule has 0 bridgehead atoms. The topological polar surface area (TPSA) is 41.6 Å². The Bertz CT molecular complexity index is 259. The molecule has 0 spiro atoms. The molecule has 0 aromatic heterocycles. The highest BCUT2D eigenvalue weighted by Gasteiger charge is 2.30. The second kappa shape index (κ2) is 7.10. The predicted octanol–water partition coefficient (Wildman–Crippen LogP) is 1.65. The Morgan fingerprint density at radius 2 is 1.94 bits per heavy atom. The van der Waals surface area contributed by atoms with Gasteiger partial charge >= 0.3 is 5.97 Å². The molecule has 1 rings (SSSR count). The number of hydrogen-bond acceptors (Lipinski definition) is 4. The zero-order valence-corrected chi connectivity index (χ0v) is 12.4. The Morgan fingerprint density at radius 1 is 1.33 bits per heavy atom. The summed E-state index contributed by atoms with van der Waals surface area (Å²) in [5.41, 5.74) is 0. The molecule has 4 nitrogen and oxygen atoms in total. The van der Waals surface area contributed by atoms with Crippen LogP contribution < -0.4 is 5.32 Å². The van der Waals surface area contributed by atoms with Gasteiger partial charge in [0.25, 0.3) is 0 Å². The first-order valence-corrected chi connectivity index (χ1v) is 7.02. The Morgan fingerprint density at radius 3 is 2.44 bits per heavy atom. The first kappa shape index (κ1) is 15.4. The molecule has 0 aliphatic carbocycles. The molecule has 1 heterocycles. The van der Waals surface area contributed by atoms with Crippen molar-refractivity contribution in [2.75, 3.05) is 20.2 Å². The van der Waals surface area contributed by atoms with Gasteiger partial charge in [-0.2, -0.15) is 0 Å². The van der Waals surface area contributed by atoms with E-state index in [0.717, 1.165) is 25.9 Å². The van der Waals surface area contributed by atoms with Crippen LogP contribution in [0.1, 0.15) is 40.5 Å². The number of hydrogen-bond donors (Lipinski definition) is 1. The van der Waals surface area contributed by atoms with Crippen LogP contribution in [0.2, 0.25) is 0 Å². The lowest BCUT2D eigenvalue weighted by atomic mass is 10.0. The van der Waals surface area contributed by atoms with E-state index < -0.39 is 0 Å². The van der Waals surface area contributed by atoms with Crippen molar-refractivity contribution in [3.63, 3.8) is 0 Å². The van der Waals surface area contributed by atoms with E-state index in [0.29, 0.717) is 18.0 Å². The van der Waals surface area contributed by atoms with Gasteiger partial charge in [-0.3, -0.25) is 9.69 Å². The third-order valence-corrected chi connectivity index (χ3v) is 3.83. The smallest absolute Gasteiger partial charge is 0.322 e. The fourth-order valence-electron chi connectivity index (χ4n) is 2.79. The molecule has 1 unspecified atom stereocenters. The maximum Gasteiger partial charge on any atom is 0.322 e. The lowest BCUT2D eigenvalue weighted by Gasteiger charge is -2.31. The third kappa shape index (κ3) is 4.25. The number of methoxy groups -OCH3 is 1. The highest BCUT2D eigenvalue weighted by molar-refractivity contribution is 5.75. The van der Waals surface area contributed by atoms with Gasteiger partial charge < -0.3 is 10.1 Å². The molecule has 0 saturated carbocycles. The zero-order valence-electron chi connectivity index (χ0n) is 12.4. The van der Waals surface area contributed by atoms with Crippen LogP contribution in [-0.4, -0.2) is 49.2 Å². The highest BCUT2D eigenvalue weighted by Crippen LogP contribution is 2.20.